The predicted octanol–water partition coefficient (Wildman–Crippen LogP) is 2.26. The number of hydrogen-bond acceptors (Lipinski definition) is 6. The molecule has 1 N–H and O–H groups in total. The molecular formula is C18H19NO6S. The Labute approximate surface area is 151 Å². The zero-order valence-corrected chi connectivity index (χ0v) is 15.0. The van der Waals surface area contributed by atoms with Crippen molar-refractivity contribution in [2.24, 2.45) is 0 Å². The van der Waals surface area contributed by atoms with Crippen LogP contribution in [0.2, 0.25) is 0 Å². The third kappa shape index (κ3) is 4.96. The number of rotatable bonds is 6. The maximum Gasteiger partial charge on any atom is 0.264 e. The Balaban J connectivity index is 1.59. The molecule has 0 aliphatic carbocycles. The first-order chi connectivity index (χ1) is 12.3. The summed E-state index contributed by atoms with van der Waals surface area (Å²) >= 11 is 0. The third-order valence-corrected chi connectivity index (χ3v) is 4.48. The van der Waals surface area contributed by atoms with Gasteiger partial charge in [0.15, 0.2) is 0 Å². The van der Waals surface area contributed by atoms with Gasteiger partial charge in [0.2, 0.25) is 5.91 Å². The molecule has 2 aromatic rings. The van der Waals surface area contributed by atoms with Crippen molar-refractivity contribution in [1.29, 1.82) is 0 Å². The second-order valence-corrected chi connectivity index (χ2v) is 7.74. The molecule has 138 valence electrons. The van der Waals surface area contributed by atoms with E-state index in [1.165, 1.54) is 12.1 Å². The van der Waals surface area contributed by atoms with Gasteiger partial charge < -0.3 is 14.7 Å². The van der Waals surface area contributed by atoms with E-state index in [2.05, 4.69) is 0 Å². The highest BCUT2D eigenvalue weighted by atomic mass is 32.2. The van der Waals surface area contributed by atoms with E-state index in [0.29, 0.717) is 18.0 Å². The second kappa shape index (κ2) is 7.35. The van der Waals surface area contributed by atoms with Crippen LogP contribution in [0.3, 0.4) is 0 Å². The SMILES string of the molecule is CS(=O)(=O)OC1CC(=O)N(Cc2ccc(Oc3ccc(O)cc3)cc2)C1. The van der Waals surface area contributed by atoms with Crippen LogP contribution < -0.4 is 4.74 Å². The van der Waals surface area contributed by atoms with Crippen LogP contribution in [0, 0.1) is 0 Å². The highest BCUT2D eigenvalue weighted by molar-refractivity contribution is 7.86. The van der Waals surface area contributed by atoms with Crippen LogP contribution in [-0.4, -0.2) is 43.2 Å². The van der Waals surface area contributed by atoms with Gasteiger partial charge in [-0.15, -0.1) is 0 Å². The van der Waals surface area contributed by atoms with Crippen molar-refractivity contribution in [2.75, 3.05) is 12.8 Å². The van der Waals surface area contributed by atoms with Crippen LogP contribution in [0.1, 0.15) is 12.0 Å². The van der Waals surface area contributed by atoms with Gasteiger partial charge in [0, 0.05) is 13.1 Å². The van der Waals surface area contributed by atoms with Crippen molar-refractivity contribution in [3.05, 3.63) is 54.1 Å². The molecule has 0 saturated carbocycles. The van der Waals surface area contributed by atoms with E-state index in [9.17, 15) is 18.3 Å². The standard InChI is InChI=1S/C18H19NO6S/c1-26(22,23)25-17-10-18(21)19(12-17)11-13-2-6-15(7-3-13)24-16-8-4-14(20)5-9-16/h2-9,17,20H,10-12H2,1H3. The fourth-order valence-corrected chi connectivity index (χ4v) is 3.36. The monoisotopic (exact) mass is 377 g/mol. The molecule has 3 rings (SSSR count). The molecule has 8 heteroatoms. The second-order valence-electron chi connectivity index (χ2n) is 6.14. The van der Waals surface area contributed by atoms with Gasteiger partial charge in [-0.05, 0) is 42.0 Å². The number of hydrogen-bond donors (Lipinski definition) is 1. The van der Waals surface area contributed by atoms with Crippen molar-refractivity contribution in [1.82, 2.24) is 4.90 Å². The van der Waals surface area contributed by atoms with Gasteiger partial charge >= 0.3 is 0 Å². The van der Waals surface area contributed by atoms with Crippen LogP contribution >= 0.6 is 0 Å². The summed E-state index contributed by atoms with van der Waals surface area (Å²) < 4.78 is 32.9. The molecule has 1 saturated heterocycles. The van der Waals surface area contributed by atoms with Crippen molar-refractivity contribution < 1.29 is 27.2 Å². The Morgan fingerprint density at radius 1 is 1.08 bits per heavy atom. The normalized spacial score (nSPS) is 17.5. The van der Waals surface area contributed by atoms with E-state index in [1.54, 1.807) is 29.2 Å². The number of ether oxygens (including phenoxy) is 1. The number of carbonyl (C=O) groups excluding carboxylic acids is 1. The molecule has 1 unspecified atom stereocenters. The molecule has 1 heterocycles. The Morgan fingerprint density at radius 3 is 2.23 bits per heavy atom. The number of phenols is 1. The van der Waals surface area contributed by atoms with Crippen LogP contribution in [0.5, 0.6) is 17.2 Å². The largest absolute Gasteiger partial charge is 0.508 e. The molecule has 1 fully saturated rings. The minimum Gasteiger partial charge on any atom is -0.508 e. The first-order valence-electron chi connectivity index (χ1n) is 8.00. The van der Waals surface area contributed by atoms with E-state index in [-0.39, 0.29) is 24.6 Å². The Hall–Kier alpha value is -2.58. The third-order valence-electron chi connectivity index (χ3n) is 3.86. The number of nitrogens with zero attached hydrogens (tertiary/aromatic N) is 1. The van der Waals surface area contributed by atoms with Crippen molar-refractivity contribution in [3.63, 3.8) is 0 Å². The van der Waals surface area contributed by atoms with Gasteiger partial charge in [0.1, 0.15) is 23.4 Å². The fourth-order valence-electron chi connectivity index (χ4n) is 2.73. The lowest BCUT2D eigenvalue weighted by Crippen LogP contribution is -2.26. The number of amides is 1. The van der Waals surface area contributed by atoms with Crippen LogP contribution in [0.4, 0.5) is 0 Å². The van der Waals surface area contributed by atoms with Crippen LogP contribution in [-0.2, 0) is 25.6 Å². The first-order valence-corrected chi connectivity index (χ1v) is 9.82. The minimum atomic E-state index is -3.58. The van der Waals surface area contributed by atoms with Crippen molar-refractivity contribution >= 4 is 16.0 Å². The van der Waals surface area contributed by atoms with E-state index >= 15 is 0 Å². The lowest BCUT2D eigenvalue weighted by Gasteiger charge is -2.16. The summed E-state index contributed by atoms with van der Waals surface area (Å²) in [5.41, 5.74) is 0.899. The number of carbonyl (C=O) groups is 1. The molecule has 0 bridgehead atoms. The highest BCUT2D eigenvalue weighted by Crippen LogP contribution is 2.25. The van der Waals surface area contributed by atoms with Gasteiger partial charge in [0.05, 0.1) is 12.7 Å². The first kappa shape index (κ1) is 18.2. The summed E-state index contributed by atoms with van der Waals surface area (Å²) in [5.74, 6) is 1.26. The molecule has 26 heavy (non-hydrogen) atoms. The van der Waals surface area contributed by atoms with Crippen LogP contribution in [0.15, 0.2) is 48.5 Å². The molecule has 1 atom stereocenters. The lowest BCUT2D eigenvalue weighted by molar-refractivity contribution is -0.128. The minimum absolute atomic E-state index is 0.0646. The zero-order valence-electron chi connectivity index (χ0n) is 14.2. The predicted molar refractivity (Wildman–Crippen MR) is 94.4 cm³/mol. The molecule has 7 nitrogen and oxygen atoms in total. The molecule has 0 spiro atoms. The Kier molecular flexibility index (Phi) is 5.15. The summed E-state index contributed by atoms with van der Waals surface area (Å²) in [6.45, 7) is 0.625. The van der Waals surface area contributed by atoms with E-state index in [4.69, 9.17) is 8.92 Å². The molecule has 0 aromatic heterocycles. The van der Waals surface area contributed by atoms with Gasteiger partial charge in [-0.2, -0.15) is 8.42 Å². The van der Waals surface area contributed by atoms with Crippen molar-refractivity contribution in [2.45, 2.75) is 19.1 Å². The Morgan fingerprint density at radius 2 is 1.65 bits per heavy atom. The summed E-state index contributed by atoms with van der Waals surface area (Å²) in [7, 11) is -3.58. The number of benzene rings is 2. The molecule has 1 amide bonds. The van der Waals surface area contributed by atoms with Gasteiger partial charge in [-0.25, -0.2) is 0 Å². The lowest BCUT2D eigenvalue weighted by atomic mass is 10.2. The van der Waals surface area contributed by atoms with E-state index in [1.807, 2.05) is 12.1 Å². The zero-order chi connectivity index (χ0) is 18.7. The van der Waals surface area contributed by atoms with Gasteiger partial charge in [-0.3, -0.25) is 8.98 Å². The number of phenolic OH excluding ortho intramolecular Hbond substituents is 1. The fraction of sp³-hybridized carbons (Fsp3) is 0.278. The van der Waals surface area contributed by atoms with Crippen molar-refractivity contribution in [3.8, 4) is 17.2 Å². The summed E-state index contributed by atoms with van der Waals surface area (Å²) in [4.78, 5) is 13.6. The highest BCUT2D eigenvalue weighted by Gasteiger charge is 2.32. The number of likely N-dealkylation sites (tertiary alicyclic amines) is 1. The number of aromatic hydroxyl groups is 1. The maximum absolute atomic E-state index is 12.0. The topological polar surface area (TPSA) is 93.1 Å². The molecule has 1 aliphatic rings. The average Bonchev–Trinajstić information content (AvgIpc) is 2.89. The van der Waals surface area contributed by atoms with Crippen LogP contribution in [0.25, 0.3) is 0 Å². The Bertz CT molecular complexity index is 877. The smallest absolute Gasteiger partial charge is 0.264 e. The maximum atomic E-state index is 12.0. The summed E-state index contributed by atoms with van der Waals surface area (Å²) in [6.07, 6.45) is 0.414. The molecular weight excluding hydrogens is 358 g/mol. The van der Waals surface area contributed by atoms with E-state index < -0.39 is 16.2 Å². The summed E-state index contributed by atoms with van der Waals surface area (Å²) in [5, 5.41) is 9.27. The molecule has 1 aliphatic heterocycles. The summed E-state index contributed by atoms with van der Waals surface area (Å²) in [6, 6.07) is 13.7. The molecule has 2 aromatic carbocycles. The molecule has 0 radical (unpaired) electrons. The quantitative estimate of drug-likeness (QED) is 0.776. The van der Waals surface area contributed by atoms with Gasteiger partial charge in [-0.1, -0.05) is 12.1 Å². The van der Waals surface area contributed by atoms with E-state index in [0.717, 1.165) is 11.8 Å². The average molecular weight is 377 g/mol. The van der Waals surface area contributed by atoms with Gasteiger partial charge in [0.25, 0.3) is 10.1 Å².